The number of carboxylic acid groups (broad SMARTS) is 1. The molecule has 2 aromatic heterocycles. The highest BCUT2D eigenvalue weighted by Gasteiger charge is 2.34. The Kier molecular flexibility index (Phi) is 6.19. The van der Waals surface area contributed by atoms with Gasteiger partial charge in [0.05, 0.1) is 7.11 Å². The van der Waals surface area contributed by atoms with Crippen LogP contribution in [-0.4, -0.2) is 92.4 Å². The molecule has 2 aliphatic rings. The lowest BCUT2D eigenvalue weighted by Gasteiger charge is -2.38. The number of anilines is 1. The van der Waals surface area contributed by atoms with Crippen LogP contribution in [0.25, 0.3) is 0 Å². The van der Waals surface area contributed by atoms with Gasteiger partial charge in [-0.3, -0.25) is 4.57 Å². The Morgan fingerprint density at radius 1 is 1.23 bits per heavy atom. The lowest BCUT2D eigenvalue weighted by Crippen LogP contribution is -2.49. The van der Waals surface area contributed by atoms with Crippen molar-refractivity contribution in [1.29, 1.82) is 0 Å². The predicted molar refractivity (Wildman–Crippen MR) is 111 cm³/mol. The zero-order valence-electron chi connectivity index (χ0n) is 17.5. The Bertz CT molecular complexity index is 899. The van der Waals surface area contributed by atoms with Crippen molar-refractivity contribution in [2.75, 3.05) is 44.7 Å². The Morgan fingerprint density at radius 2 is 2.03 bits per heavy atom. The summed E-state index contributed by atoms with van der Waals surface area (Å²) >= 11 is 0. The van der Waals surface area contributed by atoms with Crippen LogP contribution in [-0.2, 0) is 0 Å². The van der Waals surface area contributed by atoms with Crippen LogP contribution >= 0.6 is 0 Å². The lowest BCUT2D eigenvalue weighted by atomic mass is 10.0. The number of hydrogen-bond donors (Lipinski definition) is 1. The fourth-order valence-electron chi connectivity index (χ4n) is 4.37. The van der Waals surface area contributed by atoms with E-state index in [1.807, 2.05) is 6.07 Å². The highest BCUT2D eigenvalue weighted by Crippen LogP contribution is 2.25. The second-order valence-corrected chi connectivity index (χ2v) is 7.91. The maximum Gasteiger partial charge on any atom is 0.407 e. The fourth-order valence-corrected chi connectivity index (χ4v) is 4.37. The van der Waals surface area contributed by atoms with E-state index >= 15 is 0 Å². The second-order valence-electron chi connectivity index (χ2n) is 7.91. The first-order valence-electron chi connectivity index (χ1n) is 10.4. The van der Waals surface area contributed by atoms with Crippen LogP contribution in [0, 0.1) is 5.92 Å². The summed E-state index contributed by atoms with van der Waals surface area (Å²) < 4.78 is 6.55. The average molecular weight is 429 g/mol. The summed E-state index contributed by atoms with van der Waals surface area (Å²) in [6.07, 6.45) is 7.69. The van der Waals surface area contributed by atoms with Gasteiger partial charge in [0.2, 0.25) is 0 Å². The van der Waals surface area contributed by atoms with Crippen molar-refractivity contribution in [2.45, 2.75) is 25.3 Å². The summed E-state index contributed by atoms with van der Waals surface area (Å²) in [4.78, 5) is 42.3. The van der Waals surface area contributed by atoms with Gasteiger partial charge in [-0.05, 0) is 31.2 Å². The summed E-state index contributed by atoms with van der Waals surface area (Å²) in [5.41, 5.74) is 0. The molecule has 0 unspecified atom stereocenters. The number of likely N-dealkylation sites (tertiary alicyclic amines) is 1. The minimum absolute atomic E-state index is 0.0455. The van der Waals surface area contributed by atoms with E-state index in [-0.39, 0.29) is 18.0 Å². The molecule has 2 aromatic rings. The molecular weight excluding hydrogens is 402 g/mol. The Labute approximate surface area is 180 Å². The zero-order chi connectivity index (χ0) is 21.8. The number of hydrogen-bond acceptors (Lipinski definition) is 7. The molecule has 11 nitrogen and oxygen atoms in total. The van der Waals surface area contributed by atoms with E-state index in [9.17, 15) is 14.7 Å². The van der Waals surface area contributed by atoms with Crippen LogP contribution in [0.2, 0.25) is 0 Å². The predicted octanol–water partition coefficient (Wildman–Crippen LogP) is 1.62. The van der Waals surface area contributed by atoms with E-state index in [1.54, 1.807) is 28.4 Å². The molecule has 0 bridgehead atoms. The van der Waals surface area contributed by atoms with Crippen LogP contribution in [0.5, 0.6) is 6.01 Å². The number of imidazole rings is 1. The molecule has 4 heterocycles. The van der Waals surface area contributed by atoms with Gasteiger partial charge in [0.25, 0.3) is 0 Å². The minimum atomic E-state index is -0.901. The SMILES string of the molecule is COc1nccc(N2CCC(N(C[C@H]3CCN(C(=O)n4ccnc4)C3)C(=O)O)CC2)n1. The topological polar surface area (TPSA) is 117 Å². The molecule has 166 valence electrons. The second kappa shape index (κ2) is 9.19. The molecule has 2 aliphatic heterocycles. The van der Waals surface area contributed by atoms with Crippen molar-refractivity contribution < 1.29 is 19.4 Å². The first-order valence-corrected chi connectivity index (χ1v) is 10.4. The van der Waals surface area contributed by atoms with Crippen molar-refractivity contribution >= 4 is 17.9 Å². The molecule has 0 saturated carbocycles. The average Bonchev–Trinajstić information content (AvgIpc) is 3.49. The van der Waals surface area contributed by atoms with Crippen molar-refractivity contribution in [1.82, 2.24) is 29.3 Å². The maximum atomic E-state index is 12.5. The number of aromatic nitrogens is 4. The van der Waals surface area contributed by atoms with E-state index in [0.29, 0.717) is 38.7 Å². The van der Waals surface area contributed by atoms with E-state index in [2.05, 4.69) is 19.9 Å². The van der Waals surface area contributed by atoms with Crippen molar-refractivity contribution in [3.05, 3.63) is 31.0 Å². The van der Waals surface area contributed by atoms with Gasteiger partial charge in [0.15, 0.2) is 0 Å². The number of rotatable bonds is 5. The van der Waals surface area contributed by atoms with Gasteiger partial charge < -0.3 is 24.5 Å². The maximum absolute atomic E-state index is 12.5. The number of nitrogens with zero attached hydrogens (tertiary/aromatic N) is 7. The quantitative estimate of drug-likeness (QED) is 0.762. The van der Waals surface area contributed by atoms with Gasteiger partial charge >= 0.3 is 18.1 Å². The normalized spacial score (nSPS) is 19.5. The molecule has 2 amide bonds. The summed E-state index contributed by atoms with van der Waals surface area (Å²) in [5, 5.41) is 9.84. The molecule has 1 N–H and O–H groups in total. The lowest BCUT2D eigenvalue weighted by molar-refractivity contribution is 0.106. The molecule has 0 aromatic carbocycles. The van der Waals surface area contributed by atoms with Crippen LogP contribution < -0.4 is 9.64 Å². The molecule has 2 fully saturated rings. The standard InChI is InChI=1S/C20H27N7O4/c1-31-18-22-6-2-17(23-18)24-9-4-16(5-10-24)27(20(29)30)13-15-3-8-25(12-15)19(28)26-11-7-21-14-26/h2,6-7,11,14-16H,3-5,8-10,12-13H2,1H3,(H,29,30)/t15-/m0/s1. The smallest absolute Gasteiger partial charge is 0.407 e. The van der Waals surface area contributed by atoms with Crippen LogP contribution in [0.15, 0.2) is 31.0 Å². The van der Waals surface area contributed by atoms with E-state index in [4.69, 9.17) is 4.74 Å². The van der Waals surface area contributed by atoms with Crippen LogP contribution in [0.3, 0.4) is 0 Å². The monoisotopic (exact) mass is 429 g/mol. The van der Waals surface area contributed by atoms with Crippen LogP contribution in [0.4, 0.5) is 15.4 Å². The number of ether oxygens (including phenoxy) is 1. The molecule has 2 saturated heterocycles. The summed E-state index contributed by atoms with van der Waals surface area (Å²) in [5.74, 6) is 0.921. The van der Waals surface area contributed by atoms with E-state index in [0.717, 1.165) is 25.1 Å². The Morgan fingerprint density at radius 3 is 2.71 bits per heavy atom. The fraction of sp³-hybridized carbons (Fsp3) is 0.550. The van der Waals surface area contributed by atoms with Gasteiger partial charge in [-0.25, -0.2) is 19.6 Å². The van der Waals surface area contributed by atoms with Crippen molar-refractivity contribution in [2.24, 2.45) is 5.92 Å². The molecule has 1 atom stereocenters. The molecule has 0 spiro atoms. The molecule has 0 aliphatic carbocycles. The number of carbonyl (C=O) groups excluding carboxylic acids is 1. The highest BCUT2D eigenvalue weighted by molar-refractivity contribution is 5.77. The third kappa shape index (κ3) is 4.70. The number of methoxy groups -OCH3 is 1. The largest absolute Gasteiger partial charge is 0.467 e. The van der Waals surface area contributed by atoms with Gasteiger partial charge in [-0.15, -0.1) is 0 Å². The third-order valence-corrected chi connectivity index (χ3v) is 6.01. The Balaban J connectivity index is 1.32. The number of amides is 2. The highest BCUT2D eigenvalue weighted by atomic mass is 16.5. The first kappa shape index (κ1) is 20.9. The van der Waals surface area contributed by atoms with Gasteiger partial charge in [0.1, 0.15) is 12.1 Å². The van der Waals surface area contributed by atoms with Crippen LogP contribution in [0.1, 0.15) is 19.3 Å². The van der Waals surface area contributed by atoms with E-state index < -0.39 is 6.09 Å². The number of piperidine rings is 1. The first-order chi connectivity index (χ1) is 15.0. The third-order valence-electron chi connectivity index (χ3n) is 6.01. The Hall–Kier alpha value is -3.37. The molecule has 0 radical (unpaired) electrons. The minimum Gasteiger partial charge on any atom is -0.467 e. The van der Waals surface area contributed by atoms with Crippen molar-refractivity contribution in [3.8, 4) is 6.01 Å². The zero-order valence-corrected chi connectivity index (χ0v) is 17.5. The molecule has 31 heavy (non-hydrogen) atoms. The van der Waals surface area contributed by atoms with E-state index in [1.165, 1.54) is 18.0 Å². The summed E-state index contributed by atoms with van der Waals surface area (Å²) in [6, 6.07) is 2.00. The van der Waals surface area contributed by atoms with Gasteiger partial charge in [-0.2, -0.15) is 4.98 Å². The molecule has 4 rings (SSSR count). The summed E-state index contributed by atoms with van der Waals surface area (Å²) in [7, 11) is 1.53. The van der Waals surface area contributed by atoms with Gasteiger partial charge in [0, 0.05) is 57.4 Å². The molecule has 11 heteroatoms. The number of carbonyl (C=O) groups is 2. The van der Waals surface area contributed by atoms with Crippen molar-refractivity contribution in [3.63, 3.8) is 0 Å². The summed E-state index contributed by atoms with van der Waals surface area (Å²) in [6.45, 7) is 3.05. The van der Waals surface area contributed by atoms with Gasteiger partial charge in [-0.1, -0.05) is 0 Å². The molecular formula is C20H27N7O4.